The fraction of sp³-hybridized carbons (Fsp3) is 0.364. The second kappa shape index (κ2) is 5.48. The largest absolute Gasteiger partial charge is 0.481 e. The first-order chi connectivity index (χ1) is 7.09. The fourth-order valence-corrected chi connectivity index (χ4v) is 1.39. The van der Waals surface area contributed by atoms with Crippen LogP contribution in [0.1, 0.15) is 12.0 Å². The molecule has 4 heteroatoms. The molecule has 15 heavy (non-hydrogen) atoms. The van der Waals surface area contributed by atoms with Crippen LogP contribution in [0.5, 0.6) is 0 Å². The van der Waals surface area contributed by atoms with Gasteiger partial charge >= 0.3 is 5.97 Å². The van der Waals surface area contributed by atoms with Crippen LogP contribution in [-0.4, -0.2) is 23.2 Å². The minimum Gasteiger partial charge on any atom is -0.481 e. The van der Waals surface area contributed by atoms with E-state index in [2.05, 4.69) is 0 Å². The molecule has 2 atom stereocenters. The first-order valence-electron chi connectivity index (χ1n) is 4.86. The van der Waals surface area contributed by atoms with E-state index in [1.807, 2.05) is 30.3 Å². The van der Waals surface area contributed by atoms with Crippen molar-refractivity contribution in [3.05, 3.63) is 35.9 Å². The lowest BCUT2D eigenvalue weighted by Crippen LogP contribution is -2.44. The van der Waals surface area contributed by atoms with Crippen LogP contribution < -0.4 is 11.5 Å². The molecule has 1 aromatic rings. The first-order valence-corrected chi connectivity index (χ1v) is 4.86. The number of carbonyl (C=O) groups is 1. The second-order valence-electron chi connectivity index (χ2n) is 3.62. The average Bonchev–Trinajstić information content (AvgIpc) is 2.18. The van der Waals surface area contributed by atoms with Crippen LogP contribution in [-0.2, 0) is 11.2 Å². The van der Waals surface area contributed by atoms with Crippen molar-refractivity contribution in [3.63, 3.8) is 0 Å². The quantitative estimate of drug-likeness (QED) is 0.651. The van der Waals surface area contributed by atoms with Crippen molar-refractivity contribution in [2.24, 2.45) is 11.5 Å². The standard InChI is InChI=1S/C11H16N2O2/c12-9(10(13)7-11(14)15)6-8-4-2-1-3-5-8/h1-5,9-10H,6-7,12-13H2,(H,14,15)/t9-,10+/m0/s1. The minimum absolute atomic E-state index is 0.0893. The van der Waals surface area contributed by atoms with Crippen molar-refractivity contribution >= 4 is 5.97 Å². The molecule has 0 spiro atoms. The van der Waals surface area contributed by atoms with Gasteiger partial charge in [-0.25, -0.2) is 0 Å². The molecule has 0 aliphatic carbocycles. The summed E-state index contributed by atoms with van der Waals surface area (Å²) in [6.07, 6.45) is 0.517. The molecule has 0 aliphatic heterocycles. The van der Waals surface area contributed by atoms with Gasteiger partial charge in [-0.1, -0.05) is 30.3 Å². The topological polar surface area (TPSA) is 89.3 Å². The van der Waals surface area contributed by atoms with E-state index in [1.165, 1.54) is 0 Å². The molecule has 4 nitrogen and oxygen atoms in total. The molecule has 0 fully saturated rings. The summed E-state index contributed by atoms with van der Waals surface area (Å²) in [6, 6.07) is 8.86. The molecule has 0 bridgehead atoms. The number of nitrogens with two attached hydrogens (primary N) is 2. The molecule has 0 aromatic heterocycles. The zero-order valence-electron chi connectivity index (χ0n) is 8.47. The number of carboxylic acids is 1. The third-order valence-electron chi connectivity index (χ3n) is 2.27. The van der Waals surface area contributed by atoms with Gasteiger partial charge in [-0.15, -0.1) is 0 Å². The molecule has 0 saturated heterocycles. The monoisotopic (exact) mass is 208 g/mol. The molecule has 0 radical (unpaired) electrons. The number of aliphatic carboxylic acids is 1. The number of hydrogen-bond donors (Lipinski definition) is 3. The third kappa shape index (κ3) is 4.10. The number of carboxylic acid groups (broad SMARTS) is 1. The molecule has 0 aliphatic rings. The van der Waals surface area contributed by atoms with Gasteiger partial charge in [0.2, 0.25) is 0 Å². The van der Waals surface area contributed by atoms with Gasteiger partial charge in [-0.2, -0.15) is 0 Å². The predicted octanol–water partition coefficient (Wildman–Crippen LogP) is 0.358. The summed E-state index contributed by atoms with van der Waals surface area (Å²) < 4.78 is 0. The molecule has 0 unspecified atom stereocenters. The van der Waals surface area contributed by atoms with E-state index in [1.54, 1.807) is 0 Å². The number of benzene rings is 1. The summed E-state index contributed by atoms with van der Waals surface area (Å²) in [4.78, 5) is 10.4. The Hall–Kier alpha value is -1.39. The van der Waals surface area contributed by atoms with E-state index in [-0.39, 0.29) is 12.5 Å². The summed E-state index contributed by atoms with van der Waals surface area (Å²) >= 11 is 0. The van der Waals surface area contributed by atoms with Gasteiger partial charge in [-0.05, 0) is 12.0 Å². The second-order valence-corrected chi connectivity index (χ2v) is 3.62. The van der Waals surface area contributed by atoms with Crippen molar-refractivity contribution < 1.29 is 9.90 Å². The summed E-state index contributed by atoms with van der Waals surface area (Å²) in [5, 5.41) is 8.56. The van der Waals surface area contributed by atoms with Crippen molar-refractivity contribution in [2.45, 2.75) is 24.9 Å². The Morgan fingerprint density at radius 1 is 1.20 bits per heavy atom. The number of rotatable bonds is 5. The Labute approximate surface area is 88.9 Å². The summed E-state index contributed by atoms with van der Waals surface area (Å²) in [5.41, 5.74) is 12.5. The summed E-state index contributed by atoms with van der Waals surface area (Å²) in [7, 11) is 0. The first kappa shape index (κ1) is 11.7. The molecule has 0 heterocycles. The molecule has 0 saturated carbocycles. The van der Waals surface area contributed by atoms with E-state index >= 15 is 0 Å². The highest BCUT2D eigenvalue weighted by Gasteiger charge is 2.16. The van der Waals surface area contributed by atoms with Crippen LogP contribution >= 0.6 is 0 Å². The van der Waals surface area contributed by atoms with Crippen LogP contribution in [0.3, 0.4) is 0 Å². The van der Waals surface area contributed by atoms with Crippen molar-refractivity contribution in [1.82, 2.24) is 0 Å². The van der Waals surface area contributed by atoms with E-state index in [4.69, 9.17) is 16.6 Å². The lowest BCUT2D eigenvalue weighted by molar-refractivity contribution is -0.137. The van der Waals surface area contributed by atoms with Crippen LogP contribution in [0, 0.1) is 0 Å². The highest BCUT2D eigenvalue weighted by molar-refractivity contribution is 5.67. The summed E-state index contributed by atoms with van der Waals surface area (Å²) in [6.45, 7) is 0. The predicted molar refractivity (Wildman–Crippen MR) is 58.3 cm³/mol. The minimum atomic E-state index is -0.911. The van der Waals surface area contributed by atoms with E-state index in [9.17, 15) is 4.79 Å². The molecular formula is C11H16N2O2. The van der Waals surface area contributed by atoms with Crippen molar-refractivity contribution in [3.8, 4) is 0 Å². The number of hydrogen-bond acceptors (Lipinski definition) is 3. The zero-order valence-corrected chi connectivity index (χ0v) is 8.47. The van der Waals surface area contributed by atoms with Gasteiger partial charge in [0.25, 0.3) is 0 Å². The molecular weight excluding hydrogens is 192 g/mol. The lowest BCUT2D eigenvalue weighted by atomic mass is 9.99. The van der Waals surface area contributed by atoms with Crippen LogP contribution in [0.25, 0.3) is 0 Å². The van der Waals surface area contributed by atoms with E-state index in [0.717, 1.165) is 5.56 Å². The van der Waals surface area contributed by atoms with Gasteiger partial charge < -0.3 is 16.6 Å². The Morgan fingerprint density at radius 3 is 2.33 bits per heavy atom. The Balaban J connectivity index is 2.48. The van der Waals surface area contributed by atoms with Gasteiger partial charge in [0.05, 0.1) is 6.42 Å². The normalized spacial score (nSPS) is 14.5. The highest BCUT2D eigenvalue weighted by Crippen LogP contribution is 2.05. The van der Waals surface area contributed by atoms with Gasteiger partial charge in [-0.3, -0.25) is 4.79 Å². The molecule has 1 aromatic carbocycles. The molecule has 5 N–H and O–H groups in total. The van der Waals surface area contributed by atoms with Crippen LogP contribution in [0.4, 0.5) is 0 Å². The van der Waals surface area contributed by atoms with E-state index in [0.29, 0.717) is 6.42 Å². The van der Waals surface area contributed by atoms with Crippen LogP contribution in [0.2, 0.25) is 0 Å². The van der Waals surface area contributed by atoms with Crippen molar-refractivity contribution in [2.75, 3.05) is 0 Å². The van der Waals surface area contributed by atoms with E-state index < -0.39 is 12.0 Å². The Bertz CT molecular complexity index is 314. The van der Waals surface area contributed by atoms with Crippen molar-refractivity contribution in [1.29, 1.82) is 0 Å². The maximum atomic E-state index is 10.4. The zero-order chi connectivity index (χ0) is 11.3. The SMILES string of the molecule is N[C@H](CC(=O)O)[C@@H](N)Cc1ccccc1. The van der Waals surface area contributed by atoms with Gasteiger partial charge in [0.15, 0.2) is 0 Å². The lowest BCUT2D eigenvalue weighted by Gasteiger charge is -2.17. The summed E-state index contributed by atoms with van der Waals surface area (Å²) in [5.74, 6) is -0.911. The van der Waals surface area contributed by atoms with Gasteiger partial charge in [0, 0.05) is 12.1 Å². The smallest absolute Gasteiger partial charge is 0.304 e. The van der Waals surface area contributed by atoms with Crippen LogP contribution in [0.15, 0.2) is 30.3 Å². The average molecular weight is 208 g/mol. The molecule has 0 amide bonds. The molecule has 1 rings (SSSR count). The maximum Gasteiger partial charge on any atom is 0.304 e. The maximum absolute atomic E-state index is 10.4. The Morgan fingerprint density at radius 2 is 1.80 bits per heavy atom. The highest BCUT2D eigenvalue weighted by atomic mass is 16.4. The van der Waals surface area contributed by atoms with Gasteiger partial charge in [0.1, 0.15) is 0 Å². The fourth-order valence-electron chi connectivity index (χ4n) is 1.39. The third-order valence-corrected chi connectivity index (χ3v) is 2.27. The molecule has 82 valence electrons. The Kier molecular flexibility index (Phi) is 4.27.